The minimum atomic E-state index is -1.19. The molecule has 0 aromatic heterocycles. The van der Waals surface area contributed by atoms with Crippen LogP contribution in [0.3, 0.4) is 0 Å². The van der Waals surface area contributed by atoms with E-state index in [1.165, 1.54) is 0 Å². The number of halogens is 1. The van der Waals surface area contributed by atoms with E-state index in [4.69, 9.17) is 21.1 Å². The van der Waals surface area contributed by atoms with Crippen LogP contribution in [0.1, 0.15) is 54.4 Å². The molecule has 3 rings (SSSR count). The summed E-state index contributed by atoms with van der Waals surface area (Å²) in [5.41, 5.74) is 0.664. The zero-order valence-electron chi connectivity index (χ0n) is 23.7. The molecule has 41 heavy (non-hydrogen) atoms. The molecule has 0 fully saturated rings. The zero-order valence-corrected chi connectivity index (χ0v) is 24.4. The van der Waals surface area contributed by atoms with Crippen LogP contribution in [0.2, 0.25) is 0 Å². The van der Waals surface area contributed by atoms with Gasteiger partial charge in [-0.1, -0.05) is 49.8 Å². The lowest BCUT2D eigenvalue weighted by Gasteiger charge is -2.32. The number of hydrogen-bond acceptors (Lipinski definition) is 8. The molecular weight excluding hydrogens is 536 g/mol. The Bertz CT molecular complexity index is 1650. The summed E-state index contributed by atoms with van der Waals surface area (Å²) in [6.45, 7) is 11.2. The molecule has 0 spiro atoms. The van der Waals surface area contributed by atoms with Crippen molar-refractivity contribution in [2.75, 3.05) is 0 Å². The van der Waals surface area contributed by atoms with Crippen LogP contribution in [0.5, 0.6) is 0 Å². The average molecular weight is 563 g/mol. The average Bonchev–Trinajstić information content (AvgIpc) is 3.31. The van der Waals surface area contributed by atoms with Gasteiger partial charge in [0.1, 0.15) is 46.8 Å². The topological polar surface area (TPSA) is 161 Å². The normalized spacial score (nSPS) is 22.5. The first-order chi connectivity index (χ1) is 19.2. The van der Waals surface area contributed by atoms with E-state index in [1.807, 2.05) is 24.3 Å². The van der Waals surface area contributed by atoms with Crippen LogP contribution in [0.4, 0.5) is 0 Å². The molecule has 2 heterocycles. The van der Waals surface area contributed by atoms with Gasteiger partial charge in [0, 0.05) is 16.2 Å². The molecule has 0 radical (unpaired) electrons. The Hall–Kier alpha value is -4.99. The maximum atomic E-state index is 9.85. The minimum absolute atomic E-state index is 0.0319. The molecule has 9 heteroatoms. The van der Waals surface area contributed by atoms with Crippen molar-refractivity contribution in [1.82, 2.24) is 0 Å². The van der Waals surface area contributed by atoms with Gasteiger partial charge < -0.3 is 9.47 Å². The number of nitrogens with zero attached hydrogens (tertiary/aromatic N) is 6. The zero-order chi connectivity index (χ0) is 30.8. The Morgan fingerprint density at radius 2 is 1.41 bits per heavy atom. The number of rotatable bonds is 4. The van der Waals surface area contributed by atoms with E-state index in [1.54, 1.807) is 52.0 Å². The second kappa shape index (κ2) is 11.2. The summed E-state index contributed by atoms with van der Waals surface area (Å²) in [4.78, 5) is 0. The molecule has 204 valence electrons. The summed E-state index contributed by atoms with van der Waals surface area (Å²) in [6.07, 6.45) is 8.45. The quantitative estimate of drug-likeness (QED) is 0.334. The summed E-state index contributed by atoms with van der Waals surface area (Å²) < 4.78 is 11.7. The molecule has 3 aliphatic rings. The predicted molar refractivity (Wildman–Crippen MR) is 150 cm³/mol. The van der Waals surface area contributed by atoms with Crippen molar-refractivity contribution in [3.8, 4) is 36.4 Å². The van der Waals surface area contributed by atoms with Crippen LogP contribution in [0.15, 0.2) is 79.9 Å². The fourth-order valence-electron chi connectivity index (χ4n) is 5.13. The molecule has 0 bridgehead atoms. The highest BCUT2D eigenvalue weighted by Gasteiger charge is 2.41. The maximum absolute atomic E-state index is 9.85. The highest BCUT2D eigenvalue weighted by molar-refractivity contribution is 6.32. The lowest BCUT2D eigenvalue weighted by Crippen LogP contribution is -2.22. The molecular formula is C32H27ClN6O2. The molecule has 8 nitrogen and oxygen atoms in total. The number of allylic oxidation sites excluding steroid dienone is 9. The van der Waals surface area contributed by atoms with E-state index in [0.717, 1.165) is 11.1 Å². The summed E-state index contributed by atoms with van der Waals surface area (Å²) >= 11 is 6.91. The van der Waals surface area contributed by atoms with E-state index in [-0.39, 0.29) is 33.7 Å². The second-order valence-electron chi connectivity index (χ2n) is 11.6. The van der Waals surface area contributed by atoms with Gasteiger partial charge in [-0.25, -0.2) is 0 Å². The molecule has 0 saturated heterocycles. The number of nitriles is 6. The molecule has 1 aliphatic carbocycles. The van der Waals surface area contributed by atoms with Crippen molar-refractivity contribution in [2.24, 2.45) is 11.3 Å². The molecule has 0 N–H and O–H groups in total. The van der Waals surface area contributed by atoms with Gasteiger partial charge in [-0.15, -0.1) is 0 Å². The fourth-order valence-corrected chi connectivity index (χ4v) is 5.39. The third kappa shape index (κ3) is 5.81. The highest BCUT2D eigenvalue weighted by atomic mass is 35.5. The molecule has 0 aromatic rings. The van der Waals surface area contributed by atoms with Crippen LogP contribution in [-0.4, -0.2) is 11.2 Å². The summed E-state index contributed by atoms with van der Waals surface area (Å²) in [6, 6.07) is 11.5. The van der Waals surface area contributed by atoms with E-state index in [0.29, 0.717) is 29.0 Å². The Balaban J connectivity index is 2.14. The van der Waals surface area contributed by atoms with Gasteiger partial charge in [0.15, 0.2) is 17.3 Å². The van der Waals surface area contributed by atoms with Gasteiger partial charge in [0.25, 0.3) is 0 Å². The van der Waals surface area contributed by atoms with Crippen LogP contribution >= 0.6 is 11.6 Å². The third-order valence-electron chi connectivity index (χ3n) is 7.03. The van der Waals surface area contributed by atoms with Crippen molar-refractivity contribution >= 4 is 11.6 Å². The van der Waals surface area contributed by atoms with Crippen molar-refractivity contribution < 1.29 is 9.47 Å². The molecule has 0 saturated carbocycles. The van der Waals surface area contributed by atoms with Crippen LogP contribution in [0.25, 0.3) is 0 Å². The SMILES string of the molecule is CC1(C)CC(/C=C/C2=C(C#N)C(=C(C#N)C#N)OC2(C)C)=C(Cl)C(=C/C=C2/C(C#N)=C(C(C#N)C#N)OC2(C)C)/C1. The lowest BCUT2D eigenvalue weighted by atomic mass is 9.74. The lowest BCUT2D eigenvalue weighted by molar-refractivity contribution is 0.0805. The van der Waals surface area contributed by atoms with Gasteiger partial charge in [0.05, 0.1) is 17.7 Å². The smallest absolute Gasteiger partial charge is 0.191 e. The molecule has 0 atom stereocenters. The molecule has 0 unspecified atom stereocenters. The predicted octanol–water partition coefficient (Wildman–Crippen LogP) is 6.89. The first kappa shape index (κ1) is 30.6. The Labute approximate surface area is 245 Å². The largest absolute Gasteiger partial charge is 0.484 e. The molecule has 2 aliphatic heterocycles. The summed E-state index contributed by atoms with van der Waals surface area (Å²) in [5.74, 6) is -1.18. The molecule has 0 aromatic carbocycles. The third-order valence-corrected chi connectivity index (χ3v) is 7.52. The monoisotopic (exact) mass is 562 g/mol. The second-order valence-corrected chi connectivity index (χ2v) is 11.9. The Morgan fingerprint density at radius 1 is 0.805 bits per heavy atom. The first-order valence-electron chi connectivity index (χ1n) is 12.7. The van der Waals surface area contributed by atoms with E-state index < -0.39 is 17.1 Å². The van der Waals surface area contributed by atoms with Gasteiger partial charge in [-0.05, 0) is 57.1 Å². The minimum Gasteiger partial charge on any atom is -0.484 e. The van der Waals surface area contributed by atoms with Gasteiger partial charge in [0.2, 0.25) is 0 Å². The maximum Gasteiger partial charge on any atom is 0.191 e. The van der Waals surface area contributed by atoms with E-state index in [2.05, 4.69) is 26.0 Å². The standard InChI is InChI=1S/C32H27ClN6O2/c1-30(2)11-19(7-9-25-23(17-38)28(21(13-34)14-35)40-31(25,3)4)27(33)20(12-30)8-10-26-24(18-39)29(22(15-36)16-37)41-32(26,5)6/h7-10,21H,11-12H2,1-6H3/b10-8+,19-7+,25-9-. The van der Waals surface area contributed by atoms with Gasteiger partial charge in [-0.3, -0.25) is 0 Å². The van der Waals surface area contributed by atoms with Crippen molar-refractivity contribution in [1.29, 1.82) is 31.6 Å². The van der Waals surface area contributed by atoms with E-state index >= 15 is 0 Å². The number of hydrogen-bond donors (Lipinski definition) is 0. The summed E-state index contributed by atoms with van der Waals surface area (Å²) in [7, 11) is 0. The van der Waals surface area contributed by atoms with E-state index in [9.17, 15) is 31.6 Å². The Kier molecular flexibility index (Phi) is 8.38. The Morgan fingerprint density at radius 3 is 1.95 bits per heavy atom. The van der Waals surface area contributed by atoms with Gasteiger partial charge >= 0.3 is 0 Å². The summed E-state index contributed by atoms with van der Waals surface area (Å²) in [5, 5.41) is 57.5. The van der Waals surface area contributed by atoms with Crippen molar-refractivity contribution in [3.63, 3.8) is 0 Å². The van der Waals surface area contributed by atoms with Crippen molar-refractivity contribution in [3.05, 3.63) is 79.9 Å². The van der Waals surface area contributed by atoms with Crippen molar-refractivity contribution in [2.45, 2.75) is 65.6 Å². The molecule has 0 amide bonds. The first-order valence-corrected chi connectivity index (χ1v) is 13.1. The van der Waals surface area contributed by atoms with Gasteiger partial charge in [-0.2, -0.15) is 31.6 Å². The fraction of sp³-hybridized carbons (Fsp3) is 0.375. The van der Waals surface area contributed by atoms with Crippen LogP contribution in [0, 0.1) is 79.3 Å². The van der Waals surface area contributed by atoms with Crippen LogP contribution < -0.4 is 0 Å². The number of ether oxygens (including phenoxy) is 2. The highest BCUT2D eigenvalue weighted by Crippen LogP contribution is 2.46. The van der Waals surface area contributed by atoms with Crippen LogP contribution in [-0.2, 0) is 9.47 Å².